The van der Waals surface area contributed by atoms with E-state index in [9.17, 15) is 4.79 Å². The van der Waals surface area contributed by atoms with E-state index < -0.39 is 0 Å². The van der Waals surface area contributed by atoms with Gasteiger partial charge in [-0.25, -0.2) is 0 Å². The summed E-state index contributed by atoms with van der Waals surface area (Å²) in [7, 11) is 0. The van der Waals surface area contributed by atoms with E-state index in [1.54, 1.807) is 18.3 Å². The summed E-state index contributed by atoms with van der Waals surface area (Å²) in [6, 6.07) is 1.93. The van der Waals surface area contributed by atoms with Crippen LogP contribution >= 0.6 is 11.3 Å². The van der Waals surface area contributed by atoms with Gasteiger partial charge in [-0.2, -0.15) is 4.98 Å². The van der Waals surface area contributed by atoms with Gasteiger partial charge in [0, 0.05) is 18.2 Å². The van der Waals surface area contributed by atoms with E-state index in [-0.39, 0.29) is 5.91 Å². The van der Waals surface area contributed by atoms with Crippen LogP contribution in [0.2, 0.25) is 0 Å². The maximum absolute atomic E-state index is 12.1. The molecule has 0 aliphatic heterocycles. The molecule has 0 spiro atoms. The number of aromatic nitrogens is 2. The van der Waals surface area contributed by atoms with Crippen LogP contribution in [0.15, 0.2) is 10.6 Å². The number of nitrogens with zero attached hydrogens (tertiary/aromatic N) is 2. The fourth-order valence-electron chi connectivity index (χ4n) is 2.96. The zero-order chi connectivity index (χ0) is 15.5. The van der Waals surface area contributed by atoms with Crippen LogP contribution in [0.5, 0.6) is 0 Å². The number of thiophene rings is 1. The van der Waals surface area contributed by atoms with Gasteiger partial charge in [0.1, 0.15) is 0 Å². The van der Waals surface area contributed by atoms with Gasteiger partial charge in [0.2, 0.25) is 17.6 Å². The first-order valence-corrected chi connectivity index (χ1v) is 8.64. The zero-order valence-corrected chi connectivity index (χ0v) is 13.8. The highest BCUT2D eigenvalue weighted by molar-refractivity contribution is 7.16. The number of hydrogen-bond donors (Lipinski definition) is 1. The lowest BCUT2D eigenvalue weighted by atomic mass is 10.0. The van der Waals surface area contributed by atoms with E-state index in [0.717, 1.165) is 27.8 Å². The van der Waals surface area contributed by atoms with Gasteiger partial charge in [0.25, 0.3) is 0 Å². The van der Waals surface area contributed by atoms with Crippen molar-refractivity contribution >= 4 is 22.9 Å². The van der Waals surface area contributed by atoms with Gasteiger partial charge < -0.3 is 9.84 Å². The van der Waals surface area contributed by atoms with Crippen LogP contribution in [-0.4, -0.2) is 16.0 Å². The largest absolute Gasteiger partial charge is 0.339 e. The molecule has 3 rings (SSSR count). The molecule has 1 amide bonds. The third kappa shape index (κ3) is 3.55. The Labute approximate surface area is 134 Å². The molecular formula is C16H21N3O2S. The highest BCUT2D eigenvalue weighted by Gasteiger charge is 2.17. The summed E-state index contributed by atoms with van der Waals surface area (Å²) >= 11 is 1.57. The number of amides is 1. The van der Waals surface area contributed by atoms with Crippen LogP contribution in [0.4, 0.5) is 5.69 Å². The van der Waals surface area contributed by atoms with Crippen LogP contribution in [-0.2, 0) is 4.79 Å². The molecule has 1 aliphatic carbocycles. The van der Waals surface area contributed by atoms with E-state index in [4.69, 9.17) is 4.52 Å². The van der Waals surface area contributed by atoms with Gasteiger partial charge in [-0.05, 0) is 25.3 Å². The van der Waals surface area contributed by atoms with Crippen molar-refractivity contribution in [3.05, 3.63) is 16.8 Å². The topological polar surface area (TPSA) is 68.0 Å². The second kappa shape index (κ2) is 6.60. The first-order valence-electron chi connectivity index (χ1n) is 7.83. The molecule has 1 saturated carbocycles. The Bertz CT molecular complexity index is 656. The third-order valence-corrected chi connectivity index (χ3v) is 5.24. The summed E-state index contributed by atoms with van der Waals surface area (Å²) in [5.41, 5.74) is 0.860. The van der Waals surface area contributed by atoms with Crippen molar-refractivity contribution in [3.63, 3.8) is 0 Å². The number of rotatable bonds is 5. The van der Waals surface area contributed by atoms with Crippen LogP contribution in [0, 0.1) is 19.8 Å². The van der Waals surface area contributed by atoms with Crippen LogP contribution in [0.25, 0.3) is 10.7 Å². The molecule has 5 nitrogen and oxygen atoms in total. The summed E-state index contributed by atoms with van der Waals surface area (Å²) in [4.78, 5) is 18.3. The predicted octanol–water partition coefficient (Wildman–Crippen LogP) is 4.32. The lowest BCUT2D eigenvalue weighted by Crippen LogP contribution is -2.12. The first kappa shape index (κ1) is 15.2. The number of carbonyl (C=O) groups is 1. The predicted molar refractivity (Wildman–Crippen MR) is 86.9 cm³/mol. The standard InChI is InChI=1S/C16H21N3O2S/c1-10-13(9-14(22-10)16-17-11(2)21-19-16)18-15(20)8-7-12-5-3-4-6-12/h9,12H,3-8H2,1-2H3,(H,18,20). The van der Waals surface area contributed by atoms with Crippen molar-refractivity contribution in [3.8, 4) is 10.7 Å². The Morgan fingerprint density at radius 1 is 1.41 bits per heavy atom. The summed E-state index contributed by atoms with van der Waals surface area (Å²) in [5.74, 6) is 1.97. The third-order valence-electron chi connectivity index (χ3n) is 4.19. The number of nitrogens with one attached hydrogen (secondary N) is 1. The van der Waals surface area contributed by atoms with Gasteiger partial charge in [-0.3, -0.25) is 4.79 Å². The second-order valence-corrected chi connectivity index (χ2v) is 7.21. The van der Waals surface area contributed by atoms with Crippen molar-refractivity contribution in [1.82, 2.24) is 10.1 Å². The molecule has 0 atom stereocenters. The molecule has 2 heterocycles. The Morgan fingerprint density at radius 2 is 2.18 bits per heavy atom. The molecule has 2 aromatic rings. The van der Waals surface area contributed by atoms with E-state index in [2.05, 4.69) is 15.5 Å². The molecule has 22 heavy (non-hydrogen) atoms. The molecule has 2 aromatic heterocycles. The van der Waals surface area contributed by atoms with Crippen molar-refractivity contribution in [2.45, 2.75) is 52.4 Å². The number of aryl methyl sites for hydroxylation is 2. The van der Waals surface area contributed by atoms with E-state index in [1.807, 2.05) is 13.0 Å². The van der Waals surface area contributed by atoms with Crippen LogP contribution in [0.1, 0.15) is 49.3 Å². The van der Waals surface area contributed by atoms with Crippen molar-refractivity contribution in [2.75, 3.05) is 5.32 Å². The molecule has 1 N–H and O–H groups in total. The monoisotopic (exact) mass is 319 g/mol. The Hall–Kier alpha value is -1.69. The van der Waals surface area contributed by atoms with E-state index in [0.29, 0.717) is 18.1 Å². The highest BCUT2D eigenvalue weighted by atomic mass is 32.1. The van der Waals surface area contributed by atoms with E-state index in [1.165, 1.54) is 25.7 Å². The molecule has 1 fully saturated rings. The van der Waals surface area contributed by atoms with Gasteiger partial charge >= 0.3 is 0 Å². The van der Waals surface area contributed by atoms with Gasteiger partial charge in [0.05, 0.1) is 10.6 Å². The van der Waals surface area contributed by atoms with Crippen molar-refractivity contribution in [1.29, 1.82) is 0 Å². The van der Waals surface area contributed by atoms with Crippen LogP contribution < -0.4 is 5.32 Å². The van der Waals surface area contributed by atoms with Gasteiger partial charge in [-0.1, -0.05) is 30.8 Å². The fourth-order valence-corrected chi connectivity index (χ4v) is 3.86. The van der Waals surface area contributed by atoms with Gasteiger partial charge in [0.15, 0.2) is 0 Å². The lowest BCUT2D eigenvalue weighted by Gasteiger charge is -2.08. The first-order chi connectivity index (χ1) is 10.6. The molecule has 0 radical (unpaired) electrons. The summed E-state index contributed by atoms with van der Waals surface area (Å²) in [6.07, 6.45) is 6.83. The number of carbonyl (C=O) groups excluding carboxylic acids is 1. The van der Waals surface area contributed by atoms with Crippen LogP contribution in [0.3, 0.4) is 0 Å². The lowest BCUT2D eigenvalue weighted by molar-refractivity contribution is -0.116. The fraction of sp³-hybridized carbons (Fsp3) is 0.562. The van der Waals surface area contributed by atoms with E-state index >= 15 is 0 Å². The van der Waals surface area contributed by atoms with Gasteiger partial charge in [-0.15, -0.1) is 11.3 Å². The summed E-state index contributed by atoms with van der Waals surface area (Å²) in [6.45, 7) is 3.76. The Morgan fingerprint density at radius 3 is 2.86 bits per heavy atom. The van der Waals surface area contributed by atoms with Crippen molar-refractivity contribution in [2.24, 2.45) is 5.92 Å². The maximum Gasteiger partial charge on any atom is 0.224 e. The normalized spacial score (nSPS) is 15.4. The maximum atomic E-state index is 12.1. The minimum Gasteiger partial charge on any atom is -0.339 e. The molecule has 0 bridgehead atoms. The second-order valence-electron chi connectivity index (χ2n) is 5.95. The average molecular weight is 319 g/mol. The molecule has 118 valence electrons. The Kier molecular flexibility index (Phi) is 4.57. The molecule has 1 aliphatic rings. The molecule has 0 unspecified atom stereocenters. The Balaban J connectivity index is 1.60. The highest BCUT2D eigenvalue weighted by Crippen LogP contribution is 2.33. The molecule has 0 saturated heterocycles. The molecule has 6 heteroatoms. The summed E-state index contributed by atoms with van der Waals surface area (Å²) < 4.78 is 5.00. The molecular weight excluding hydrogens is 298 g/mol. The minimum atomic E-state index is 0.101. The number of anilines is 1. The number of hydrogen-bond acceptors (Lipinski definition) is 5. The average Bonchev–Trinajstić information content (AvgIpc) is 3.19. The quantitative estimate of drug-likeness (QED) is 0.891. The smallest absolute Gasteiger partial charge is 0.224 e. The SMILES string of the molecule is Cc1nc(-c2cc(NC(=O)CCC3CCCC3)c(C)s2)no1. The zero-order valence-electron chi connectivity index (χ0n) is 13.0. The molecule has 0 aromatic carbocycles. The van der Waals surface area contributed by atoms with Crippen molar-refractivity contribution < 1.29 is 9.32 Å². The summed E-state index contributed by atoms with van der Waals surface area (Å²) in [5, 5.41) is 6.94. The minimum absolute atomic E-state index is 0.101.